The van der Waals surface area contributed by atoms with Crippen molar-refractivity contribution < 1.29 is 42.3 Å². The topological polar surface area (TPSA) is 190 Å². The molecule has 3 saturated heterocycles. The summed E-state index contributed by atoms with van der Waals surface area (Å²) in [5.74, 6) is -2.10. The molecule has 5 aliphatic rings. The molecule has 4 aliphatic heterocycles. The van der Waals surface area contributed by atoms with Gasteiger partial charge in [-0.1, -0.05) is 23.5 Å². The Bertz CT molecular complexity index is 2430. The number of hydrogen-bond donors (Lipinski definition) is 4. The monoisotopic (exact) mass is 831 g/mol. The lowest BCUT2D eigenvalue weighted by Crippen LogP contribution is -2.65. The molecular formula is C40H40F3N9O6S. The highest BCUT2D eigenvalue weighted by Crippen LogP contribution is 2.52. The summed E-state index contributed by atoms with van der Waals surface area (Å²) in [7, 11) is 0. The van der Waals surface area contributed by atoms with Crippen LogP contribution in [0.2, 0.25) is 0 Å². The van der Waals surface area contributed by atoms with Crippen molar-refractivity contribution in [1.29, 1.82) is 0 Å². The van der Waals surface area contributed by atoms with E-state index in [0.717, 1.165) is 67.7 Å². The second kappa shape index (κ2) is 14.0. The zero-order chi connectivity index (χ0) is 41.6. The third kappa shape index (κ3) is 7.18. The fourth-order valence-corrected chi connectivity index (χ4v) is 10.1. The fourth-order valence-electron chi connectivity index (χ4n) is 9.18. The van der Waals surface area contributed by atoms with Crippen LogP contribution in [0.1, 0.15) is 82.1 Å². The third-order valence-electron chi connectivity index (χ3n) is 11.8. The average molecular weight is 832 g/mol. The number of carbonyl (C=O) groups excluding carboxylic acids is 5. The van der Waals surface area contributed by atoms with Gasteiger partial charge in [-0.05, 0) is 74.8 Å². The summed E-state index contributed by atoms with van der Waals surface area (Å²) in [6.07, 6.45) is -2.43. The fraction of sp³-hybridized carbons (Fsp3) is 0.450. The Morgan fingerprint density at radius 3 is 2.44 bits per heavy atom. The minimum absolute atomic E-state index is 0.0650. The number of amides is 5. The van der Waals surface area contributed by atoms with Crippen molar-refractivity contribution in [1.82, 2.24) is 30.1 Å². The number of nitrogens with one attached hydrogen (secondary N) is 3. The second-order valence-electron chi connectivity index (χ2n) is 16.9. The van der Waals surface area contributed by atoms with Gasteiger partial charge in [-0.2, -0.15) is 18.2 Å². The van der Waals surface area contributed by atoms with Gasteiger partial charge in [0.2, 0.25) is 11.8 Å². The van der Waals surface area contributed by atoms with Crippen LogP contribution in [0.3, 0.4) is 0 Å². The van der Waals surface area contributed by atoms with Crippen LogP contribution < -0.4 is 20.9 Å². The minimum Gasteiger partial charge on any atom is -0.384 e. The number of likely N-dealkylation sites (tertiary alicyclic amines) is 1. The molecule has 1 aromatic carbocycles. The largest absolute Gasteiger partial charge is 0.433 e. The molecule has 7 heterocycles. The number of aromatic nitrogens is 3. The first-order valence-corrected chi connectivity index (χ1v) is 20.2. The van der Waals surface area contributed by atoms with Crippen LogP contribution in [0, 0.1) is 17.3 Å². The minimum atomic E-state index is -4.71. The smallest absolute Gasteiger partial charge is 0.384 e. The molecule has 0 bridgehead atoms. The number of nitrogens with zero attached hydrogens (tertiary/aromatic N) is 6. The third-order valence-corrected chi connectivity index (χ3v) is 12.9. The molecule has 9 rings (SSSR count). The van der Waals surface area contributed by atoms with Crippen molar-refractivity contribution in [3.05, 3.63) is 70.7 Å². The number of hydrogen-bond acceptors (Lipinski definition) is 13. The summed E-state index contributed by atoms with van der Waals surface area (Å²) in [4.78, 5) is 82.1. The van der Waals surface area contributed by atoms with Gasteiger partial charge in [0.1, 0.15) is 23.0 Å². The van der Waals surface area contributed by atoms with Gasteiger partial charge in [0.05, 0.1) is 27.2 Å². The van der Waals surface area contributed by atoms with Crippen LogP contribution in [0.4, 0.5) is 29.7 Å². The van der Waals surface area contributed by atoms with E-state index in [2.05, 4.69) is 35.7 Å². The predicted octanol–water partition coefficient (Wildman–Crippen LogP) is 4.25. The van der Waals surface area contributed by atoms with Gasteiger partial charge >= 0.3 is 6.18 Å². The highest BCUT2D eigenvalue weighted by Gasteiger charge is 2.53. The quantitative estimate of drug-likeness (QED) is 0.167. The van der Waals surface area contributed by atoms with E-state index in [1.807, 2.05) is 0 Å². The number of carbonyl (C=O) groups is 5. The number of pyridine rings is 2. The first-order chi connectivity index (χ1) is 27.9. The van der Waals surface area contributed by atoms with Crippen molar-refractivity contribution in [3.63, 3.8) is 0 Å². The van der Waals surface area contributed by atoms with E-state index in [-0.39, 0.29) is 40.8 Å². The molecule has 1 unspecified atom stereocenters. The molecule has 19 heteroatoms. The number of halogens is 3. The Kier molecular flexibility index (Phi) is 9.28. The standard InChI is InChI=1S/C40H40F3N9O6S/c1-38(2,58)31-25(46-33(54)24-7-4-8-28(45-24)40(41,42)43)11-27-32(48-31)49-37(59-27)51-16-21(17-51)15-50-18-39(19-50)12-20(13-39)14-44-23-6-3-5-22-30(23)36(57)52(35(22)56)26-9-10-29(53)47-34(26)55/h3-8,11,20-21,26,44,58H,9-10,12-19H2,1-2H3,(H,46,54)(H,47,53,55). The van der Waals surface area contributed by atoms with Gasteiger partial charge in [-0.15, -0.1) is 0 Å². The van der Waals surface area contributed by atoms with Crippen LogP contribution >= 0.6 is 11.3 Å². The van der Waals surface area contributed by atoms with Crippen molar-refractivity contribution in [2.45, 2.75) is 57.3 Å². The number of piperidine rings is 1. The molecule has 59 heavy (non-hydrogen) atoms. The Balaban J connectivity index is 0.759. The molecule has 0 radical (unpaired) electrons. The molecule has 4 fully saturated rings. The number of rotatable bonds is 10. The Labute approximate surface area is 339 Å². The van der Waals surface area contributed by atoms with E-state index >= 15 is 0 Å². The highest BCUT2D eigenvalue weighted by atomic mass is 32.1. The maximum absolute atomic E-state index is 13.4. The molecule has 1 spiro atoms. The van der Waals surface area contributed by atoms with E-state index in [4.69, 9.17) is 4.98 Å². The van der Waals surface area contributed by atoms with Crippen LogP contribution in [-0.4, -0.2) is 105 Å². The van der Waals surface area contributed by atoms with E-state index in [9.17, 15) is 42.3 Å². The van der Waals surface area contributed by atoms with Gasteiger partial charge in [-0.25, -0.2) is 9.97 Å². The zero-order valence-electron chi connectivity index (χ0n) is 32.1. The van der Waals surface area contributed by atoms with Gasteiger partial charge in [0.25, 0.3) is 17.7 Å². The molecule has 4 N–H and O–H groups in total. The summed E-state index contributed by atoms with van der Waals surface area (Å²) in [6, 6.07) is 8.79. The van der Waals surface area contributed by atoms with Crippen molar-refractivity contribution in [3.8, 4) is 0 Å². The van der Waals surface area contributed by atoms with Gasteiger partial charge < -0.3 is 25.5 Å². The lowest BCUT2D eigenvalue weighted by molar-refractivity contribution is -0.141. The second-order valence-corrected chi connectivity index (χ2v) is 17.9. The normalized spacial score (nSPS) is 21.0. The molecule has 1 aliphatic carbocycles. The Hall–Kier alpha value is -5.53. The predicted molar refractivity (Wildman–Crippen MR) is 209 cm³/mol. The maximum atomic E-state index is 13.4. The molecule has 15 nitrogen and oxygen atoms in total. The van der Waals surface area contributed by atoms with Crippen LogP contribution in [0.25, 0.3) is 10.3 Å². The summed E-state index contributed by atoms with van der Waals surface area (Å²) in [5, 5.41) is 19.8. The highest BCUT2D eigenvalue weighted by molar-refractivity contribution is 7.22. The molecule has 3 aromatic heterocycles. The summed E-state index contributed by atoms with van der Waals surface area (Å²) in [6.45, 7) is 8.27. The summed E-state index contributed by atoms with van der Waals surface area (Å²) < 4.78 is 40.3. The zero-order valence-corrected chi connectivity index (χ0v) is 32.9. The molecule has 4 aromatic rings. The Morgan fingerprint density at radius 1 is 0.983 bits per heavy atom. The number of imide groups is 2. The molecular weight excluding hydrogens is 792 g/mol. The number of thiazole rings is 1. The number of benzene rings is 1. The SMILES string of the molecule is CC(C)(O)c1nc2nc(N3CC(CN4CC5(CC(CNc6cccc7c6C(=O)N(C6CCC(=O)NC6=O)C7=O)C5)C4)C3)sc2cc1NC(=O)c1cccc(C(F)(F)F)n1. The van der Waals surface area contributed by atoms with Crippen LogP contribution in [0.15, 0.2) is 42.5 Å². The lowest BCUT2D eigenvalue weighted by Gasteiger charge is -2.60. The lowest BCUT2D eigenvalue weighted by atomic mass is 9.57. The summed E-state index contributed by atoms with van der Waals surface area (Å²) >= 11 is 1.38. The van der Waals surface area contributed by atoms with Gasteiger partial charge in [0, 0.05) is 57.3 Å². The first kappa shape index (κ1) is 39.0. The maximum Gasteiger partial charge on any atom is 0.433 e. The van der Waals surface area contributed by atoms with Crippen molar-refractivity contribution >= 4 is 67.7 Å². The number of alkyl halides is 3. The first-order valence-electron chi connectivity index (χ1n) is 19.4. The molecule has 1 saturated carbocycles. The molecule has 308 valence electrons. The van der Waals surface area contributed by atoms with Crippen molar-refractivity contribution in [2.24, 2.45) is 17.3 Å². The van der Waals surface area contributed by atoms with Gasteiger partial charge in [0.15, 0.2) is 10.8 Å². The van der Waals surface area contributed by atoms with Crippen LogP contribution in [-0.2, 0) is 21.4 Å². The van der Waals surface area contributed by atoms with Crippen molar-refractivity contribution in [2.75, 3.05) is 54.8 Å². The Morgan fingerprint density at radius 2 is 1.73 bits per heavy atom. The molecule has 1 atom stereocenters. The number of anilines is 3. The van der Waals surface area contributed by atoms with Crippen LogP contribution in [0.5, 0.6) is 0 Å². The van der Waals surface area contributed by atoms with Gasteiger partial charge in [-0.3, -0.25) is 34.2 Å². The molecule has 5 amide bonds. The van der Waals surface area contributed by atoms with E-state index in [1.165, 1.54) is 31.3 Å². The number of fused-ring (bicyclic) bond motifs is 2. The number of aliphatic hydroxyl groups is 1. The average Bonchev–Trinajstić information content (AvgIpc) is 3.65. The van der Waals surface area contributed by atoms with E-state index < -0.39 is 58.7 Å². The van der Waals surface area contributed by atoms with E-state index in [0.29, 0.717) is 34.4 Å². The summed E-state index contributed by atoms with van der Waals surface area (Å²) in [5.41, 5.74) is -1.06. The van der Waals surface area contributed by atoms with E-state index in [1.54, 1.807) is 24.3 Å².